The Morgan fingerprint density at radius 2 is 1.87 bits per heavy atom. The Morgan fingerprint density at radius 1 is 1.06 bits per heavy atom. The maximum atomic E-state index is 6.47. The van der Waals surface area contributed by atoms with Gasteiger partial charge in [0.1, 0.15) is 5.75 Å². The highest BCUT2D eigenvalue weighted by atomic mass is 35.5. The summed E-state index contributed by atoms with van der Waals surface area (Å²) in [5.41, 5.74) is 7.65. The Hall–Kier alpha value is -3.15. The van der Waals surface area contributed by atoms with Crippen LogP contribution in [0.4, 0.5) is 0 Å². The van der Waals surface area contributed by atoms with Crippen molar-refractivity contribution in [3.05, 3.63) is 94.5 Å². The lowest BCUT2D eigenvalue weighted by Crippen LogP contribution is -2.43. The van der Waals surface area contributed by atoms with Gasteiger partial charge in [-0.3, -0.25) is 0 Å². The molecule has 2 unspecified atom stereocenters. The molecule has 0 aliphatic carbocycles. The quantitative estimate of drug-likeness (QED) is 0.554. The van der Waals surface area contributed by atoms with Crippen LogP contribution in [0.2, 0.25) is 5.02 Å². The first-order valence-corrected chi connectivity index (χ1v) is 10.6. The molecule has 2 heterocycles. The minimum atomic E-state index is -0.371. The summed E-state index contributed by atoms with van der Waals surface area (Å²) in [6.45, 7) is 2.63. The second-order valence-corrected chi connectivity index (χ2v) is 7.84. The van der Waals surface area contributed by atoms with Gasteiger partial charge in [0.25, 0.3) is 0 Å². The molecule has 5 nitrogen and oxygen atoms in total. The fourth-order valence-corrected chi connectivity index (χ4v) is 4.29. The lowest BCUT2D eigenvalue weighted by molar-refractivity contribution is -0.0342. The Labute approximate surface area is 186 Å². The molecule has 0 radical (unpaired) electrons. The minimum Gasteiger partial charge on any atom is -0.494 e. The van der Waals surface area contributed by atoms with Gasteiger partial charge >= 0.3 is 0 Å². The number of halogens is 1. The van der Waals surface area contributed by atoms with Crippen LogP contribution in [-0.4, -0.2) is 18.7 Å². The number of nitrogens with one attached hydrogen (secondary N) is 1. The summed E-state index contributed by atoms with van der Waals surface area (Å²) < 4.78 is 17.6. The number of hydrogen-bond donors (Lipinski definition) is 1. The molecule has 0 saturated heterocycles. The average Bonchev–Trinajstić information content (AvgIpc) is 3.24. The van der Waals surface area contributed by atoms with Gasteiger partial charge in [-0.15, -0.1) is 0 Å². The summed E-state index contributed by atoms with van der Waals surface area (Å²) >= 11 is 6.29. The van der Waals surface area contributed by atoms with Crippen LogP contribution < -0.4 is 19.6 Å². The molecule has 0 spiro atoms. The van der Waals surface area contributed by atoms with Crippen molar-refractivity contribution in [2.75, 3.05) is 13.7 Å². The van der Waals surface area contributed by atoms with Gasteiger partial charge in [0.15, 0.2) is 17.7 Å². The van der Waals surface area contributed by atoms with Gasteiger partial charge in [-0.05, 0) is 61.0 Å². The van der Waals surface area contributed by atoms with Crippen LogP contribution in [0.15, 0.2) is 72.8 Å². The zero-order valence-electron chi connectivity index (χ0n) is 17.3. The van der Waals surface area contributed by atoms with Crippen LogP contribution in [0, 0.1) is 0 Å². The first-order chi connectivity index (χ1) is 15.2. The molecule has 0 saturated carbocycles. The molecule has 158 valence electrons. The normalized spacial score (nSPS) is 19.5. The third kappa shape index (κ3) is 3.60. The second kappa shape index (κ2) is 8.17. The van der Waals surface area contributed by atoms with E-state index in [9.17, 15) is 0 Å². The zero-order valence-corrected chi connectivity index (χ0v) is 18.1. The van der Waals surface area contributed by atoms with Gasteiger partial charge in [-0.1, -0.05) is 35.9 Å². The maximum absolute atomic E-state index is 6.47. The van der Waals surface area contributed by atoms with Crippen LogP contribution in [0.5, 0.6) is 17.2 Å². The number of rotatable bonds is 5. The molecule has 6 heteroatoms. The van der Waals surface area contributed by atoms with E-state index < -0.39 is 0 Å². The molecule has 2 atom stereocenters. The molecule has 0 bridgehead atoms. The number of methoxy groups -OCH3 is 1. The summed E-state index contributed by atoms with van der Waals surface area (Å²) in [7, 11) is 1.66. The number of para-hydroxylation sites is 1. The third-order valence-electron chi connectivity index (χ3n) is 5.51. The van der Waals surface area contributed by atoms with Gasteiger partial charge in [-0.2, -0.15) is 5.01 Å². The molecule has 31 heavy (non-hydrogen) atoms. The van der Waals surface area contributed by atoms with Crippen LogP contribution in [0.1, 0.15) is 35.9 Å². The Morgan fingerprint density at radius 3 is 2.61 bits per heavy atom. The van der Waals surface area contributed by atoms with E-state index in [1.54, 1.807) is 7.11 Å². The highest BCUT2D eigenvalue weighted by Gasteiger charge is 2.41. The molecule has 5 rings (SSSR count). The van der Waals surface area contributed by atoms with Gasteiger partial charge in [-0.25, -0.2) is 0 Å². The standard InChI is InChI=1S/C25H23ClN2O3/c1-3-30-19-12-10-16(11-13-19)21-15-22-20-8-5-9-23(29-2)24(20)31-25(28(22)27-21)17-6-4-7-18(26)14-17/h4-15,22,25,27H,3H2,1-2H3. The minimum absolute atomic E-state index is 0.0237. The summed E-state index contributed by atoms with van der Waals surface area (Å²) in [6, 6.07) is 21.8. The monoisotopic (exact) mass is 434 g/mol. The van der Waals surface area contributed by atoms with E-state index in [0.29, 0.717) is 17.4 Å². The number of nitrogens with zero attached hydrogens (tertiary/aromatic N) is 1. The number of fused-ring (bicyclic) bond motifs is 3. The Balaban J connectivity index is 1.56. The van der Waals surface area contributed by atoms with E-state index >= 15 is 0 Å². The van der Waals surface area contributed by atoms with Gasteiger partial charge < -0.3 is 19.6 Å². The zero-order chi connectivity index (χ0) is 21.4. The van der Waals surface area contributed by atoms with E-state index in [1.807, 2.05) is 55.5 Å². The number of benzene rings is 3. The smallest absolute Gasteiger partial charge is 0.196 e. The topological polar surface area (TPSA) is 43.0 Å². The summed E-state index contributed by atoms with van der Waals surface area (Å²) in [6.07, 6.45) is 1.84. The predicted octanol–water partition coefficient (Wildman–Crippen LogP) is 5.74. The van der Waals surface area contributed by atoms with Crippen molar-refractivity contribution >= 4 is 17.3 Å². The maximum Gasteiger partial charge on any atom is 0.196 e. The van der Waals surface area contributed by atoms with Gasteiger partial charge in [0, 0.05) is 16.1 Å². The molecule has 0 fully saturated rings. The van der Waals surface area contributed by atoms with Crippen LogP contribution in [0.25, 0.3) is 5.70 Å². The molecule has 3 aromatic carbocycles. The molecule has 0 aromatic heterocycles. The Bertz CT molecular complexity index is 1130. The largest absolute Gasteiger partial charge is 0.494 e. The molecule has 2 aliphatic rings. The van der Waals surface area contributed by atoms with Crippen molar-refractivity contribution in [3.8, 4) is 17.2 Å². The first-order valence-electron chi connectivity index (χ1n) is 10.3. The number of ether oxygens (including phenoxy) is 3. The molecule has 3 aromatic rings. The van der Waals surface area contributed by atoms with Crippen molar-refractivity contribution in [3.63, 3.8) is 0 Å². The lowest BCUT2D eigenvalue weighted by Gasteiger charge is -2.39. The fraction of sp³-hybridized carbons (Fsp3) is 0.200. The van der Waals surface area contributed by atoms with Gasteiger partial charge in [0.05, 0.1) is 25.5 Å². The van der Waals surface area contributed by atoms with Crippen LogP contribution in [-0.2, 0) is 0 Å². The molecular weight excluding hydrogens is 412 g/mol. The van der Waals surface area contributed by atoms with Crippen molar-refractivity contribution in [1.82, 2.24) is 10.4 Å². The van der Waals surface area contributed by atoms with E-state index in [0.717, 1.165) is 33.9 Å². The molecule has 0 amide bonds. The predicted molar refractivity (Wildman–Crippen MR) is 121 cm³/mol. The second-order valence-electron chi connectivity index (χ2n) is 7.41. The highest BCUT2D eigenvalue weighted by molar-refractivity contribution is 6.30. The van der Waals surface area contributed by atoms with Gasteiger partial charge in [0.2, 0.25) is 0 Å². The average molecular weight is 435 g/mol. The Kier molecular flexibility index (Phi) is 5.22. The summed E-state index contributed by atoms with van der Waals surface area (Å²) in [4.78, 5) is 0. The van der Waals surface area contributed by atoms with E-state index in [1.165, 1.54) is 0 Å². The first kappa shape index (κ1) is 19.8. The van der Waals surface area contributed by atoms with E-state index in [4.69, 9.17) is 25.8 Å². The molecule has 1 N–H and O–H groups in total. The summed E-state index contributed by atoms with van der Waals surface area (Å²) in [5, 5.41) is 2.78. The van der Waals surface area contributed by atoms with E-state index in [-0.39, 0.29) is 12.3 Å². The highest BCUT2D eigenvalue weighted by Crippen LogP contribution is 2.49. The van der Waals surface area contributed by atoms with Crippen molar-refractivity contribution < 1.29 is 14.2 Å². The summed E-state index contributed by atoms with van der Waals surface area (Å²) in [5.74, 6) is 2.33. The van der Waals surface area contributed by atoms with Crippen molar-refractivity contribution in [2.45, 2.75) is 19.2 Å². The van der Waals surface area contributed by atoms with Crippen LogP contribution in [0.3, 0.4) is 0 Å². The number of hydrogen-bond acceptors (Lipinski definition) is 5. The van der Waals surface area contributed by atoms with Crippen LogP contribution >= 0.6 is 11.6 Å². The third-order valence-corrected chi connectivity index (χ3v) is 5.75. The molecule has 2 aliphatic heterocycles. The fourth-order valence-electron chi connectivity index (χ4n) is 4.10. The van der Waals surface area contributed by atoms with Crippen molar-refractivity contribution in [2.24, 2.45) is 0 Å². The SMILES string of the molecule is CCOc1ccc(C2=CC3c4cccc(OC)c4OC(c4cccc(Cl)c4)N3N2)cc1. The number of hydrazine groups is 1. The lowest BCUT2D eigenvalue weighted by atomic mass is 10.00. The van der Waals surface area contributed by atoms with Crippen molar-refractivity contribution in [1.29, 1.82) is 0 Å². The molecular formula is C25H23ClN2O3. The van der Waals surface area contributed by atoms with E-state index in [2.05, 4.69) is 34.7 Å².